The lowest BCUT2D eigenvalue weighted by atomic mass is 10.1. The van der Waals surface area contributed by atoms with Gasteiger partial charge >= 0.3 is 0 Å². The average Bonchev–Trinajstić information content (AvgIpc) is 3.15. The highest BCUT2D eigenvalue weighted by Crippen LogP contribution is 2.27. The van der Waals surface area contributed by atoms with Crippen molar-refractivity contribution in [3.05, 3.63) is 60.2 Å². The first kappa shape index (κ1) is 21.1. The molecule has 1 aromatic heterocycles. The van der Waals surface area contributed by atoms with Crippen molar-refractivity contribution < 1.29 is 13.2 Å². The summed E-state index contributed by atoms with van der Waals surface area (Å²) in [6.45, 7) is 5.53. The molecule has 3 rings (SSSR count). The Kier molecular flexibility index (Phi) is 6.41. The third-order valence-corrected chi connectivity index (χ3v) is 6.55. The first-order chi connectivity index (χ1) is 13.8. The molecule has 9 heteroatoms. The zero-order chi connectivity index (χ0) is 21.0. The first-order valence-electron chi connectivity index (χ1n) is 9.05. The molecule has 0 unspecified atom stereocenters. The van der Waals surface area contributed by atoms with Crippen LogP contribution in [0.3, 0.4) is 0 Å². The molecule has 0 saturated carbocycles. The number of aryl methyl sites for hydroxylation is 1. The van der Waals surface area contributed by atoms with Gasteiger partial charge in [0.25, 0.3) is 0 Å². The topological polar surface area (TPSA) is 101 Å². The van der Waals surface area contributed by atoms with Crippen LogP contribution in [0.5, 0.6) is 0 Å². The van der Waals surface area contributed by atoms with Crippen molar-refractivity contribution in [2.75, 3.05) is 5.32 Å². The average molecular weight is 431 g/mol. The summed E-state index contributed by atoms with van der Waals surface area (Å²) in [7, 11) is -3.83. The minimum atomic E-state index is -3.83. The van der Waals surface area contributed by atoms with Crippen LogP contribution in [0.4, 0.5) is 5.13 Å². The molecule has 0 fully saturated rings. The van der Waals surface area contributed by atoms with Crippen LogP contribution >= 0.6 is 11.3 Å². The van der Waals surface area contributed by atoms with Crippen molar-refractivity contribution in [2.24, 2.45) is 5.92 Å². The van der Waals surface area contributed by atoms with Crippen molar-refractivity contribution in [2.45, 2.75) is 31.7 Å². The Bertz CT molecular complexity index is 1100. The summed E-state index contributed by atoms with van der Waals surface area (Å²) in [6.07, 6.45) is 0. The summed E-state index contributed by atoms with van der Waals surface area (Å²) in [5, 5.41) is 11.8. The fourth-order valence-electron chi connectivity index (χ4n) is 2.68. The molecule has 0 aliphatic heterocycles. The SMILES string of the molecule is Cc1cccc(-c2nnc(NC(=O)[C@H](NS(=O)(=O)c3ccccc3)C(C)C)s2)c1. The Morgan fingerprint density at radius 2 is 1.76 bits per heavy atom. The zero-order valence-electron chi connectivity index (χ0n) is 16.3. The molecule has 0 aliphatic rings. The summed E-state index contributed by atoms with van der Waals surface area (Å²) in [5.41, 5.74) is 2.01. The van der Waals surface area contributed by atoms with E-state index in [1.165, 1.54) is 23.5 Å². The van der Waals surface area contributed by atoms with Gasteiger partial charge in [-0.1, -0.05) is 67.1 Å². The highest BCUT2D eigenvalue weighted by Gasteiger charge is 2.29. The number of nitrogens with zero attached hydrogens (tertiary/aromatic N) is 2. The Morgan fingerprint density at radius 3 is 2.41 bits per heavy atom. The van der Waals surface area contributed by atoms with Gasteiger partial charge in [-0.05, 0) is 31.0 Å². The number of rotatable bonds is 7. The largest absolute Gasteiger partial charge is 0.299 e. The summed E-state index contributed by atoms with van der Waals surface area (Å²) < 4.78 is 27.7. The van der Waals surface area contributed by atoms with Gasteiger partial charge < -0.3 is 0 Å². The predicted octanol–water partition coefficient (Wildman–Crippen LogP) is 3.46. The van der Waals surface area contributed by atoms with Crippen LogP contribution in [-0.4, -0.2) is 30.6 Å². The molecule has 3 aromatic rings. The van der Waals surface area contributed by atoms with Crippen molar-refractivity contribution in [3.63, 3.8) is 0 Å². The van der Waals surface area contributed by atoms with Crippen LogP contribution in [0, 0.1) is 12.8 Å². The van der Waals surface area contributed by atoms with Gasteiger partial charge in [0.05, 0.1) is 4.90 Å². The number of nitrogens with one attached hydrogen (secondary N) is 2. The molecule has 0 bridgehead atoms. The number of hydrogen-bond donors (Lipinski definition) is 2. The molecule has 29 heavy (non-hydrogen) atoms. The van der Waals surface area contributed by atoms with E-state index in [0.29, 0.717) is 10.1 Å². The Labute approximate surface area is 174 Å². The van der Waals surface area contributed by atoms with Gasteiger partial charge in [-0.2, -0.15) is 4.72 Å². The molecule has 1 atom stereocenters. The summed E-state index contributed by atoms with van der Waals surface area (Å²) in [4.78, 5) is 12.9. The van der Waals surface area contributed by atoms with Gasteiger partial charge in [0, 0.05) is 5.56 Å². The molecule has 7 nitrogen and oxygen atoms in total. The highest BCUT2D eigenvalue weighted by atomic mass is 32.2. The summed E-state index contributed by atoms with van der Waals surface area (Å²) >= 11 is 1.24. The zero-order valence-corrected chi connectivity index (χ0v) is 17.9. The number of carbonyl (C=O) groups is 1. The smallest absolute Gasteiger partial charge is 0.244 e. The monoisotopic (exact) mass is 430 g/mol. The quantitative estimate of drug-likeness (QED) is 0.598. The van der Waals surface area contributed by atoms with Crippen LogP contribution in [0.25, 0.3) is 10.6 Å². The van der Waals surface area contributed by atoms with Crippen LogP contribution in [0.15, 0.2) is 59.5 Å². The Hall–Kier alpha value is -2.62. The summed E-state index contributed by atoms with van der Waals surface area (Å²) in [6, 6.07) is 14.8. The number of sulfonamides is 1. The summed E-state index contributed by atoms with van der Waals surface area (Å²) in [5.74, 6) is -0.746. The maximum absolute atomic E-state index is 12.8. The van der Waals surface area contributed by atoms with E-state index in [1.807, 2.05) is 31.2 Å². The van der Waals surface area contributed by atoms with Gasteiger partial charge in [0.1, 0.15) is 11.0 Å². The predicted molar refractivity (Wildman–Crippen MR) is 114 cm³/mol. The third kappa shape index (κ3) is 5.26. The van der Waals surface area contributed by atoms with E-state index >= 15 is 0 Å². The van der Waals surface area contributed by atoms with E-state index in [4.69, 9.17) is 0 Å². The van der Waals surface area contributed by atoms with Crippen LogP contribution in [-0.2, 0) is 14.8 Å². The van der Waals surface area contributed by atoms with Crippen LogP contribution < -0.4 is 10.0 Å². The molecular weight excluding hydrogens is 408 g/mol. The van der Waals surface area contributed by atoms with Gasteiger partial charge in [0.2, 0.25) is 21.1 Å². The van der Waals surface area contributed by atoms with Gasteiger partial charge in [0.15, 0.2) is 0 Å². The van der Waals surface area contributed by atoms with E-state index < -0.39 is 22.0 Å². The standard InChI is InChI=1S/C20H22N4O3S2/c1-13(2)17(24-29(26,27)16-10-5-4-6-11-16)18(25)21-20-23-22-19(28-20)15-9-7-8-14(3)12-15/h4-13,17,24H,1-3H3,(H,21,23,25)/t17-/m1/s1. The molecular formula is C20H22N4O3S2. The van der Waals surface area contributed by atoms with E-state index in [1.54, 1.807) is 32.0 Å². The van der Waals surface area contributed by atoms with Gasteiger partial charge in [-0.3, -0.25) is 10.1 Å². The molecule has 2 aromatic carbocycles. The van der Waals surface area contributed by atoms with Crippen molar-refractivity contribution in [1.82, 2.24) is 14.9 Å². The number of benzene rings is 2. The Balaban J connectivity index is 1.75. The first-order valence-corrected chi connectivity index (χ1v) is 11.3. The lowest BCUT2D eigenvalue weighted by Gasteiger charge is -2.20. The highest BCUT2D eigenvalue weighted by molar-refractivity contribution is 7.89. The van der Waals surface area contributed by atoms with Gasteiger partial charge in [-0.15, -0.1) is 10.2 Å². The molecule has 0 aliphatic carbocycles. The minimum absolute atomic E-state index is 0.107. The maximum atomic E-state index is 12.8. The fourth-order valence-corrected chi connectivity index (χ4v) is 4.79. The number of anilines is 1. The van der Waals surface area contributed by atoms with Crippen LogP contribution in [0.1, 0.15) is 19.4 Å². The normalized spacial score (nSPS) is 12.7. The van der Waals surface area contributed by atoms with Crippen LogP contribution in [0.2, 0.25) is 0 Å². The molecule has 1 heterocycles. The van der Waals surface area contributed by atoms with Gasteiger partial charge in [-0.25, -0.2) is 8.42 Å². The minimum Gasteiger partial charge on any atom is -0.299 e. The molecule has 2 N–H and O–H groups in total. The number of carbonyl (C=O) groups excluding carboxylic acids is 1. The molecule has 0 spiro atoms. The van der Waals surface area contributed by atoms with Crippen molar-refractivity contribution in [1.29, 1.82) is 0 Å². The fraction of sp³-hybridized carbons (Fsp3) is 0.250. The van der Waals surface area contributed by atoms with E-state index in [2.05, 4.69) is 20.2 Å². The second-order valence-corrected chi connectivity index (χ2v) is 9.62. The molecule has 0 radical (unpaired) electrons. The van der Waals surface area contributed by atoms with E-state index in [0.717, 1.165) is 11.1 Å². The molecule has 0 saturated heterocycles. The van der Waals surface area contributed by atoms with E-state index in [9.17, 15) is 13.2 Å². The van der Waals surface area contributed by atoms with Crippen molar-refractivity contribution in [3.8, 4) is 10.6 Å². The number of hydrogen-bond acceptors (Lipinski definition) is 6. The molecule has 1 amide bonds. The number of amides is 1. The maximum Gasteiger partial charge on any atom is 0.244 e. The lowest BCUT2D eigenvalue weighted by Crippen LogP contribution is -2.47. The second-order valence-electron chi connectivity index (χ2n) is 6.93. The third-order valence-electron chi connectivity index (χ3n) is 4.20. The lowest BCUT2D eigenvalue weighted by molar-refractivity contribution is -0.118. The van der Waals surface area contributed by atoms with Crippen molar-refractivity contribution >= 4 is 32.4 Å². The Morgan fingerprint density at radius 1 is 1.03 bits per heavy atom. The molecule has 152 valence electrons. The number of aromatic nitrogens is 2. The van der Waals surface area contributed by atoms with E-state index in [-0.39, 0.29) is 10.8 Å². The second kappa shape index (κ2) is 8.81.